The number of likely N-dealkylation sites (N-methyl/N-ethyl adjacent to an activating group) is 1. The summed E-state index contributed by atoms with van der Waals surface area (Å²) < 4.78 is 48.6. The van der Waals surface area contributed by atoms with Crippen LogP contribution >= 0.6 is 11.8 Å². The molecule has 4 bridgehead atoms. The van der Waals surface area contributed by atoms with Crippen molar-refractivity contribution in [1.29, 1.82) is 0 Å². The number of aliphatic hydroxyl groups is 2. The number of nitrogens with zero attached hydrogens (tertiary/aromatic N) is 4. The number of aromatic nitrogens is 1. The molecule has 3 aromatic carbocycles. The van der Waals surface area contributed by atoms with Gasteiger partial charge in [-0.1, -0.05) is 6.07 Å². The summed E-state index contributed by atoms with van der Waals surface area (Å²) in [5, 5.41) is 39.2. The smallest absolute Gasteiger partial charge is 0.341 e. The number of carbonyl (C=O) groups excluding carboxylic acids is 6. The zero-order chi connectivity index (χ0) is 55.8. The number of aromatic hydroxyl groups is 1. The molecule has 8 aliphatic rings. The van der Waals surface area contributed by atoms with Crippen molar-refractivity contribution in [2.75, 3.05) is 79.9 Å². The second-order valence-corrected chi connectivity index (χ2v) is 21.7. The summed E-state index contributed by atoms with van der Waals surface area (Å²) in [6.45, 7) is 4.41. The van der Waals surface area contributed by atoms with Gasteiger partial charge < -0.3 is 68.4 Å². The lowest BCUT2D eigenvalue weighted by Crippen LogP contribution is -2.69. The van der Waals surface area contributed by atoms with Crippen molar-refractivity contribution in [3.8, 4) is 34.5 Å². The summed E-state index contributed by atoms with van der Waals surface area (Å²) in [6, 6.07) is 4.23. The Balaban J connectivity index is 0.956. The minimum Gasteiger partial charge on any atom is -0.504 e. The number of phenolic OH excluding ortho intramolecular Hbond substituents is 1. The number of ether oxygens (including phenoxy) is 8. The lowest BCUT2D eigenvalue weighted by Gasteiger charge is -2.60. The third-order valence-electron chi connectivity index (χ3n) is 16.3. The molecule has 1 aromatic heterocycles. The summed E-state index contributed by atoms with van der Waals surface area (Å²) in [5.74, 6) is -2.17. The molecule has 0 radical (unpaired) electrons. The van der Waals surface area contributed by atoms with Crippen LogP contribution in [0.5, 0.6) is 34.5 Å². The number of piperazine rings is 1. The molecule has 23 nitrogen and oxygen atoms in total. The van der Waals surface area contributed by atoms with E-state index in [0.29, 0.717) is 62.1 Å². The standard InChI is InChI=1S/C55H62N6O17S/c1-26-19-29-20-35-52(69)60-44(43(58(35)4)40(29)45(68)46(26)72-6)50-41-42(49-48(75-25-76-49)27(2)47(41)77-28(3)63)53(60)78-54(70)55(24-79-50)51-33(32-22-31(71-5)7-8-34(32)57-51)21-30(23-62)61(55)39(67)12-15-73-17-18-74-16-13-56-36(64)11-14-59-37(65)9-10-38(59)66/h7-10,19,22,30,35,43-44,50,52-53,57,62,68-69H,11-18,20-21,23-25H2,1-6H3,(H,56,64)/t30-,35-,43+,44?,50+,52-,53-,55+/m0/s1. The van der Waals surface area contributed by atoms with Crippen LogP contribution in [0.25, 0.3) is 10.9 Å². The van der Waals surface area contributed by atoms with Gasteiger partial charge >= 0.3 is 11.9 Å². The molecule has 1 unspecified atom stereocenters. The first-order chi connectivity index (χ1) is 38.0. The highest BCUT2D eigenvalue weighted by molar-refractivity contribution is 7.99. The summed E-state index contributed by atoms with van der Waals surface area (Å²) in [4.78, 5) is 90.6. The number of benzene rings is 3. The molecule has 420 valence electrons. The first-order valence-electron chi connectivity index (χ1n) is 26.2. The number of methoxy groups -OCH3 is 2. The number of rotatable bonds is 16. The number of aliphatic hydroxyl groups excluding tert-OH is 2. The van der Waals surface area contributed by atoms with Crippen LogP contribution in [0.3, 0.4) is 0 Å². The number of esters is 2. The molecule has 8 aliphatic heterocycles. The fourth-order valence-corrected chi connectivity index (χ4v) is 14.6. The third kappa shape index (κ3) is 8.82. The van der Waals surface area contributed by atoms with Gasteiger partial charge in [0, 0.05) is 71.9 Å². The number of hydrogen-bond acceptors (Lipinski definition) is 20. The van der Waals surface area contributed by atoms with Crippen LogP contribution in [0.1, 0.15) is 81.9 Å². The zero-order valence-corrected chi connectivity index (χ0v) is 45.3. The van der Waals surface area contributed by atoms with Gasteiger partial charge in [0.2, 0.25) is 18.6 Å². The second-order valence-electron chi connectivity index (χ2n) is 20.6. The molecule has 79 heavy (non-hydrogen) atoms. The normalized spacial score (nSPS) is 25.6. The van der Waals surface area contributed by atoms with Gasteiger partial charge in [-0.3, -0.25) is 33.8 Å². The van der Waals surface area contributed by atoms with E-state index in [1.54, 1.807) is 25.0 Å². The Morgan fingerprint density at radius 1 is 0.924 bits per heavy atom. The molecule has 2 saturated heterocycles. The Labute approximate surface area is 457 Å². The van der Waals surface area contributed by atoms with Crippen molar-refractivity contribution in [2.24, 2.45) is 0 Å². The molecule has 0 saturated carbocycles. The number of H-pyrrole nitrogens is 1. The number of thioether (sulfide) groups is 1. The largest absolute Gasteiger partial charge is 0.504 e. The third-order valence-corrected chi connectivity index (χ3v) is 17.8. The fourth-order valence-electron chi connectivity index (χ4n) is 12.9. The zero-order valence-electron chi connectivity index (χ0n) is 44.5. The summed E-state index contributed by atoms with van der Waals surface area (Å²) in [6.07, 6.45) is -0.378. The van der Waals surface area contributed by atoms with Crippen molar-refractivity contribution in [1.82, 2.24) is 29.9 Å². The minimum absolute atomic E-state index is 0.0421. The maximum Gasteiger partial charge on any atom is 0.341 e. The summed E-state index contributed by atoms with van der Waals surface area (Å²) in [5.41, 5.74) is 2.86. The van der Waals surface area contributed by atoms with E-state index in [0.717, 1.165) is 22.6 Å². The van der Waals surface area contributed by atoms with Gasteiger partial charge in [-0.05, 0) is 68.6 Å². The van der Waals surface area contributed by atoms with E-state index in [1.165, 1.54) is 30.7 Å². The lowest BCUT2D eigenvalue weighted by molar-refractivity contribution is -0.231. The molecule has 2 fully saturated rings. The number of aromatic amines is 1. The van der Waals surface area contributed by atoms with Gasteiger partial charge in [-0.15, -0.1) is 11.8 Å². The number of phenols is 1. The molecule has 5 N–H and O–H groups in total. The predicted octanol–water partition coefficient (Wildman–Crippen LogP) is 2.60. The van der Waals surface area contributed by atoms with E-state index in [1.807, 2.05) is 37.1 Å². The van der Waals surface area contributed by atoms with Gasteiger partial charge in [-0.2, -0.15) is 0 Å². The molecule has 4 amide bonds. The molecular weight excluding hydrogens is 1050 g/mol. The molecule has 24 heteroatoms. The SMILES string of the molecule is COc1ccc2[nH]c3c(c2c1)C[C@@H](CO)N(C(=O)CCOCCOCCNC(=O)CCN1C(=O)C=CC1=O)[C@]31CS[C@@H]2c3c(OC(C)=O)c(C)c4c(c3[C@H](OC1=O)N1C2[C@H]2c3c(cc(C)c(OC)c3O)C[C@@H]([C@@H]1O)N2C)OCO4. The average Bonchev–Trinajstić information content (AvgIpc) is 3.87. The number of fused-ring (bicyclic) bond motifs is 10. The highest BCUT2D eigenvalue weighted by Gasteiger charge is 2.65. The molecule has 1 spiro atoms. The van der Waals surface area contributed by atoms with Crippen LogP contribution in [0, 0.1) is 13.8 Å². The number of hydrogen-bond donors (Lipinski definition) is 5. The Bertz CT molecular complexity index is 3200. The summed E-state index contributed by atoms with van der Waals surface area (Å²) >= 11 is 1.28. The van der Waals surface area contributed by atoms with Gasteiger partial charge in [0.15, 0.2) is 34.8 Å². The van der Waals surface area contributed by atoms with E-state index < -0.39 is 83.7 Å². The van der Waals surface area contributed by atoms with Crippen LogP contribution in [0.4, 0.5) is 0 Å². The Hall–Kier alpha value is -6.93. The van der Waals surface area contributed by atoms with Crippen molar-refractivity contribution in [3.63, 3.8) is 0 Å². The van der Waals surface area contributed by atoms with E-state index >= 15 is 9.59 Å². The van der Waals surface area contributed by atoms with E-state index in [-0.39, 0.29) is 106 Å². The van der Waals surface area contributed by atoms with Crippen LogP contribution in [-0.2, 0) is 61.4 Å². The molecule has 0 aliphatic carbocycles. The number of carbonyl (C=O) groups is 6. The van der Waals surface area contributed by atoms with E-state index in [2.05, 4.69) is 10.3 Å². The van der Waals surface area contributed by atoms with Crippen molar-refractivity contribution < 1.29 is 82.0 Å². The molecule has 8 atom stereocenters. The number of imide groups is 1. The second kappa shape index (κ2) is 21.3. The van der Waals surface area contributed by atoms with Crippen molar-refractivity contribution >= 4 is 58.2 Å². The Morgan fingerprint density at radius 3 is 2.39 bits per heavy atom. The van der Waals surface area contributed by atoms with E-state index in [9.17, 15) is 34.5 Å². The van der Waals surface area contributed by atoms with Crippen LogP contribution < -0.4 is 29.0 Å². The summed E-state index contributed by atoms with van der Waals surface area (Å²) in [7, 11) is 4.90. The Morgan fingerprint density at radius 2 is 1.67 bits per heavy atom. The number of amides is 4. The first kappa shape index (κ1) is 54.0. The van der Waals surface area contributed by atoms with Gasteiger partial charge in [0.25, 0.3) is 11.8 Å². The maximum atomic E-state index is 16.4. The van der Waals surface area contributed by atoms with Crippen molar-refractivity contribution in [2.45, 2.75) is 93.9 Å². The maximum absolute atomic E-state index is 16.4. The molecule has 9 heterocycles. The highest BCUT2D eigenvalue weighted by atomic mass is 32.2. The minimum atomic E-state index is -2.02. The van der Waals surface area contributed by atoms with E-state index in [4.69, 9.17) is 37.9 Å². The molecule has 12 rings (SSSR count). The number of aryl methyl sites for hydroxylation is 1. The van der Waals surface area contributed by atoms with Crippen molar-refractivity contribution in [3.05, 3.63) is 81.1 Å². The van der Waals surface area contributed by atoms with Crippen LogP contribution in [-0.4, -0.2) is 180 Å². The van der Waals surface area contributed by atoms with Gasteiger partial charge in [0.05, 0.1) is 94.3 Å². The topological polar surface area (TPSA) is 278 Å². The molecule has 4 aromatic rings. The highest BCUT2D eigenvalue weighted by Crippen LogP contribution is 2.65. The predicted molar refractivity (Wildman–Crippen MR) is 279 cm³/mol. The average molecular weight is 1110 g/mol. The lowest BCUT2D eigenvalue weighted by atomic mass is 9.74. The Kier molecular flexibility index (Phi) is 14.6. The quantitative estimate of drug-likeness (QED) is 0.0467. The fraction of sp³-hybridized carbons (Fsp3) is 0.491. The monoisotopic (exact) mass is 1110 g/mol. The van der Waals surface area contributed by atoms with Gasteiger partial charge in [0.1, 0.15) is 17.7 Å². The molecular formula is C55H62N6O17S. The van der Waals surface area contributed by atoms with Crippen LogP contribution in [0.15, 0.2) is 36.4 Å². The first-order valence-corrected chi connectivity index (χ1v) is 27.2. The van der Waals surface area contributed by atoms with Crippen LogP contribution in [0.2, 0.25) is 0 Å². The number of nitrogens with one attached hydrogen (secondary N) is 2. The van der Waals surface area contributed by atoms with Gasteiger partial charge in [-0.25, -0.2) is 9.69 Å².